The van der Waals surface area contributed by atoms with E-state index < -0.39 is 0 Å². The smallest absolute Gasteiger partial charge is 0.151 e. The molecule has 2 aliphatic heterocycles. The molecule has 0 fully saturated rings. The molecule has 1 unspecified atom stereocenters. The quantitative estimate of drug-likeness (QED) is 0.742. The van der Waals surface area contributed by atoms with Crippen LogP contribution in [0.5, 0.6) is 17.2 Å². The molecule has 1 atom stereocenters. The first kappa shape index (κ1) is 15.7. The Bertz CT molecular complexity index is 760. The van der Waals surface area contributed by atoms with E-state index in [2.05, 4.69) is 17.9 Å². The Hall–Kier alpha value is -2.20. The van der Waals surface area contributed by atoms with Crippen molar-refractivity contribution >= 4 is 29.6 Å². The van der Waals surface area contributed by atoms with Gasteiger partial charge in [-0.25, -0.2) is 0 Å². The van der Waals surface area contributed by atoms with Crippen LogP contribution in [0.25, 0.3) is 0 Å². The third-order valence-corrected chi connectivity index (χ3v) is 4.15. The molecule has 0 aromatic heterocycles. The highest BCUT2D eigenvalue weighted by Crippen LogP contribution is 2.48. The predicted octanol–water partition coefficient (Wildman–Crippen LogP) is 4.94. The number of aliphatic imine (C=N–C) groups is 1. The SMILES string of the molecule is COc1ccc2c(c1)N(C1=NC(C)CC1)c1ccccc1O2.Cl. The van der Waals surface area contributed by atoms with Crippen molar-refractivity contribution in [2.75, 3.05) is 12.0 Å². The second kappa shape index (κ2) is 6.13. The lowest BCUT2D eigenvalue weighted by molar-refractivity contribution is 0.412. The van der Waals surface area contributed by atoms with Crippen molar-refractivity contribution in [2.24, 2.45) is 4.99 Å². The van der Waals surface area contributed by atoms with Crippen LogP contribution < -0.4 is 14.4 Å². The summed E-state index contributed by atoms with van der Waals surface area (Å²) in [6, 6.07) is 14.3. The number of methoxy groups -OCH3 is 1. The number of anilines is 2. The molecule has 0 spiro atoms. The molecule has 120 valence electrons. The predicted molar refractivity (Wildman–Crippen MR) is 95.0 cm³/mol. The molecule has 23 heavy (non-hydrogen) atoms. The van der Waals surface area contributed by atoms with Crippen molar-refractivity contribution in [3.8, 4) is 17.2 Å². The maximum Gasteiger partial charge on any atom is 0.151 e. The van der Waals surface area contributed by atoms with Gasteiger partial charge in [0.05, 0.1) is 18.5 Å². The molecule has 0 bridgehead atoms. The average Bonchev–Trinajstić information content (AvgIpc) is 2.98. The lowest BCUT2D eigenvalue weighted by atomic mass is 10.1. The minimum absolute atomic E-state index is 0. The van der Waals surface area contributed by atoms with Gasteiger partial charge in [0.25, 0.3) is 0 Å². The van der Waals surface area contributed by atoms with Crippen molar-refractivity contribution in [3.63, 3.8) is 0 Å². The second-order valence-electron chi connectivity index (χ2n) is 5.67. The molecule has 4 rings (SSSR count). The van der Waals surface area contributed by atoms with Gasteiger partial charge in [-0.1, -0.05) is 12.1 Å². The molecular weight excluding hydrogens is 312 g/mol. The van der Waals surface area contributed by atoms with Gasteiger partial charge in [0.1, 0.15) is 11.6 Å². The molecule has 0 saturated carbocycles. The molecule has 2 aliphatic rings. The third-order valence-electron chi connectivity index (χ3n) is 4.15. The van der Waals surface area contributed by atoms with Gasteiger partial charge in [-0.3, -0.25) is 9.89 Å². The summed E-state index contributed by atoms with van der Waals surface area (Å²) in [5.74, 6) is 3.61. The number of benzene rings is 2. The van der Waals surface area contributed by atoms with E-state index in [4.69, 9.17) is 14.5 Å². The summed E-state index contributed by atoms with van der Waals surface area (Å²) in [6.45, 7) is 2.16. The molecule has 0 saturated heterocycles. The number of nitrogens with zero attached hydrogens (tertiary/aromatic N) is 2. The zero-order valence-electron chi connectivity index (χ0n) is 13.2. The van der Waals surface area contributed by atoms with Crippen LogP contribution in [0.4, 0.5) is 11.4 Å². The normalized spacial score (nSPS) is 18.3. The molecule has 0 amide bonds. The van der Waals surface area contributed by atoms with E-state index >= 15 is 0 Å². The molecule has 0 N–H and O–H groups in total. The Morgan fingerprint density at radius 1 is 1.13 bits per heavy atom. The van der Waals surface area contributed by atoms with Crippen LogP contribution in [-0.4, -0.2) is 19.0 Å². The Labute approximate surface area is 142 Å². The Morgan fingerprint density at radius 2 is 1.91 bits per heavy atom. The van der Waals surface area contributed by atoms with Crippen molar-refractivity contribution in [1.82, 2.24) is 0 Å². The van der Waals surface area contributed by atoms with E-state index in [0.29, 0.717) is 6.04 Å². The van der Waals surface area contributed by atoms with E-state index in [9.17, 15) is 0 Å². The minimum atomic E-state index is 0. The molecule has 2 aromatic rings. The van der Waals surface area contributed by atoms with Gasteiger partial charge >= 0.3 is 0 Å². The minimum Gasteiger partial charge on any atom is -0.497 e. The highest BCUT2D eigenvalue weighted by molar-refractivity contribution is 6.08. The van der Waals surface area contributed by atoms with E-state index in [1.807, 2.05) is 36.4 Å². The average molecular weight is 331 g/mol. The number of ether oxygens (including phenoxy) is 2. The fraction of sp³-hybridized carbons (Fsp3) is 0.278. The third kappa shape index (κ3) is 2.63. The Morgan fingerprint density at radius 3 is 2.65 bits per heavy atom. The lowest BCUT2D eigenvalue weighted by Gasteiger charge is -2.32. The number of para-hydroxylation sites is 2. The molecule has 4 nitrogen and oxygen atoms in total. The van der Waals surface area contributed by atoms with Gasteiger partial charge in [0, 0.05) is 18.5 Å². The summed E-state index contributed by atoms with van der Waals surface area (Å²) in [5.41, 5.74) is 2.03. The molecule has 2 aromatic carbocycles. The van der Waals surface area contributed by atoms with E-state index in [1.54, 1.807) is 7.11 Å². The van der Waals surface area contributed by atoms with Gasteiger partial charge < -0.3 is 9.47 Å². The van der Waals surface area contributed by atoms with Crippen LogP contribution in [0, 0.1) is 0 Å². The number of amidine groups is 1. The van der Waals surface area contributed by atoms with E-state index in [-0.39, 0.29) is 12.4 Å². The number of hydrogen-bond donors (Lipinski definition) is 0. The van der Waals surface area contributed by atoms with Crippen LogP contribution in [0.1, 0.15) is 19.8 Å². The maximum atomic E-state index is 6.04. The van der Waals surface area contributed by atoms with Crippen molar-refractivity contribution in [3.05, 3.63) is 42.5 Å². The van der Waals surface area contributed by atoms with Gasteiger partial charge in [0.15, 0.2) is 11.5 Å². The number of halogens is 1. The first-order chi connectivity index (χ1) is 10.8. The lowest BCUT2D eigenvalue weighted by Crippen LogP contribution is -2.27. The van der Waals surface area contributed by atoms with Crippen LogP contribution in [0.2, 0.25) is 0 Å². The zero-order chi connectivity index (χ0) is 15.1. The van der Waals surface area contributed by atoms with Gasteiger partial charge in [-0.15, -0.1) is 12.4 Å². The Kier molecular flexibility index (Phi) is 4.18. The highest BCUT2D eigenvalue weighted by atomic mass is 35.5. The standard InChI is InChI=1S/C18H18N2O2.ClH/c1-12-7-10-18(19-12)20-14-5-3-4-6-16(14)22-17-9-8-13(21-2)11-15(17)20;/h3-6,8-9,11-12H,7,10H2,1-2H3;1H. The molecule has 5 heteroatoms. The largest absolute Gasteiger partial charge is 0.497 e. The molecule has 0 aliphatic carbocycles. The maximum absolute atomic E-state index is 6.04. The van der Waals surface area contributed by atoms with E-state index in [0.717, 1.165) is 47.3 Å². The topological polar surface area (TPSA) is 34.1 Å². The van der Waals surface area contributed by atoms with Crippen LogP contribution in [0.3, 0.4) is 0 Å². The zero-order valence-corrected chi connectivity index (χ0v) is 14.0. The first-order valence-electron chi connectivity index (χ1n) is 7.58. The summed E-state index contributed by atoms with van der Waals surface area (Å²) < 4.78 is 11.4. The fourth-order valence-electron chi connectivity index (χ4n) is 3.03. The van der Waals surface area contributed by atoms with Crippen LogP contribution in [0.15, 0.2) is 47.5 Å². The summed E-state index contributed by atoms with van der Waals surface area (Å²) in [6.07, 6.45) is 2.07. The van der Waals surface area contributed by atoms with Crippen LogP contribution in [-0.2, 0) is 0 Å². The number of fused-ring (bicyclic) bond motifs is 2. The highest BCUT2D eigenvalue weighted by Gasteiger charge is 2.30. The summed E-state index contributed by atoms with van der Waals surface area (Å²) in [5, 5.41) is 0. The van der Waals surface area contributed by atoms with Gasteiger partial charge in [0.2, 0.25) is 0 Å². The summed E-state index contributed by atoms with van der Waals surface area (Å²) in [4.78, 5) is 7.02. The monoisotopic (exact) mass is 330 g/mol. The molecular formula is C18H19ClN2O2. The number of rotatable bonds is 1. The van der Waals surface area contributed by atoms with Crippen molar-refractivity contribution in [2.45, 2.75) is 25.8 Å². The van der Waals surface area contributed by atoms with Gasteiger partial charge in [-0.05, 0) is 37.6 Å². The summed E-state index contributed by atoms with van der Waals surface area (Å²) >= 11 is 0. The molecule has 2 heterocycles. The van der Waals surface area contributed by atoms with Gasteiger partial charge in [-0.2, -0.15) is 0 Å². The number of hydrogen-bond acceptors (Lipinski definition) is 4. The fourth-order valence-corrected chi connectivity index (χ4v) is 3.03. The van der Waals surface area contributed by atoms with E-state index in [1.165, 1.54) is 0 Å². The summed E-state index contributed by atoms with van der Waals surface area (Å²) in [7, 11) is 1.68. The Balaban J connectivity index is 0.00000156. The first-order valence-corrected chi connectivity index (χ1v) is 7.58. The van der Waals surface area contributed by atoms with Crippen LogP contribution >= 0.6 is 12.4 Å². The van der Waals surface area contributed by atoms with Crippen molar-refractivity contribution < 1.29 is 9.47 Å². The van der Waals surface area contributed by atoms with Crippen molar-refractivity contribution in [1.29, 1.82) is 0 Å². The molecule has 0 radical (unpaired) electrons. The second-order valence-corrected chi connectivity index (χ2v) is 5.67.